The fourth-order valence-corrected chi connectivity index (χ4v) is 2.09. The normalized spacial score (nSPS) is 15.8. The van der Waals surface area contributed by atoms with E-state index < -0.39 is 42.6 Å². The van der Waals surface area contributed by atoms with Gasteiger partial charge < -0.3 is 40.1 Å². The van der Waals surface area contributed by atoms with Gasteiger partial charge in [-0.05, 0) is 23.8 Å². The minimum absolute atomic E-state index is 0.0596. The number of phenols is 1. The first kappa shape index (κ1) is 22.5. The predicted molar refractivity (Wildman–Crippen MR) is 91.4 cm³/mol. The average Bonchev–Trinajstić information content (AvgIpc) is 2.69. The molecule has 0 heterocycles. The zero-order valence-electron chi connectivity index (χ0n) is 14.6. The van der Waals surface area contributed by atoms with E-state index in [4.69, 9.17) is 14.6 Å². The number of methoxy groups -OCH3 is 2. The van der Waals surface area contributed by atoms with Gasteiger partial charge in [0.1, 0.15) is 24.4 Å². The topological polar surface area (TPSA) is 174 Å². The van der Waals surface area contributed by atoms with Crippen LogP contribution in [0, 0.1) is 0 Å². The van der Waals surface area contributed by atoms with Gasteiger partial charge in [-0.2, -0.15) is 0 Å². The van der Waals surface area contributed by atoms with Crippen molar-refractivity contribution in [1.29, 1.82) is 0 Å². The minimum Gasteiger partial charge on any atom is -0.502 e. The van der Waals surface area contributed by atoms with Gasteiger partial charge in [-0.25, -0.2) is 0 Å². The summed E-state index contributed by atoms with van der Waals surface area (Å²) in [4.78, 5) is 23.8. The number of ether oxygens (including phenoxy) is 2. The zero-order valence-corrected chi connectivity index (χ0v) is 14.6. The maximum absolute atomic E-state index is 11.9. The van der Waals surface area contributed by atoms with Crippen LogP contribution in [0.4, 0.5) is 0 Å². The Balaban J connectivity index is 2.93. The van der Waals surface area contributed by atoms with Gasteiger partial charge in [0.15, 0.2) is 11.5 Å². The minimum atomic E-state index is -2.30. The number of phenolic OH excluding ortho intramolecular Hbond substituents is 1. The van der Waals surface area contributed by atoms with Gasteiger partial charge in [0.25, 0.3) is 0 Å². The number of aromatic hydroxyl groups is 1. The highest BCUT2D eigenvalue weighted by molar-refractivity contribution is 6.43. The Morgan fingerprint density at radius 2 is 1.56 bits per heavy atom. The van der Waals surface area contributed by atoms with Gasteiger partial charge in [0, 0.05) is 0 Å². The summed E-state index contributed by atoms with van der Waals surface area (Å²) in [6.07, 6.45) is -6.32. The molecule has 6 N–H and O–H groups in total. The Hall–Kier alpha value is -2.50. The number of ketones is 2. The number of aliphatic hydroxyl groups excluding tert-OH is 5. The molecule has 0 aromatic heterocycles. The molecule has 4 atom stereocenters. The maximum Gasteiger partial charge on any atom is 0.233 e. The van der Waals surface area contributed by atoms with Crippen molar-refractivity contribution in [3.8, 4) is 17.2 Å². The molecule has 27 heavy (non-hydrogen) atoms. The molecule has 1 aromatic rings. The first-order valence-electron chi connectivity index (χ1n) is 7.72. The van der Waals surface area contributed by atoms with Crippen molar-refractivity contribution in [2.75, 3.05) is 20.8 Å². The van der Waals surface area contributed by atoms with E-state index >= 15 is 0 Å². The number of carbonyl (C=O) groups is 2. The van der Waals surface area contributed by atoms with Crippen molar-refractivity contribution in [1.82, 2.24) is 0 Å². The number of Topliss-reactive ketones (excluding diaryl/α,β-unsaturated/α-hetero) is 1. The average molecular weight is 386 g/mol. The van der Waals surface area contributed by atoms with Crippen LogP contribution in [0.15, 0.2) is 18.2 Å². The second-order valence-electron chi connectivity index (χ2n) is 5.51. The van der Waals surface area contributed by atoms with Crippen molar-refractivity contribution in [2.24, 2.45) is 0 Å². The fourth-order valence-electron chi connectivity index (χ4n) is 2.09. The van der Waals surface area contributed by atoms with Crippen LogP contribution >= 0.6 is 0 Å². The molecule has 0 aliphatic heterocycles. The Morgan fingerprint density at radius 3 is 2.00 bits per heavy atom. The van der Waals surface area contributed by atoms with Crippen LogP contribution in [-0.4, -0.2) is 87.4 Å². The molecule has 0 amide bonds. The van der Waals surface area contributed by atoms with Gasteiger partial charge in [-0.1, -0.05) is 6.08 Å². The van der Waals surface area contributed by atoms with Gasteiger partial charge in [-0.15, -0.1) is 0 Å². The quantitative estimate of drug-likeness (QED) is 0.195. The van der Waals surface area contributed by atoms with Crippen LogP contribution in [0.2, 0.25) is 0 Å². The maximum atomic E-state index is 11.9. The smallest absolute Gasteiger partial charge is 0.233 e. The number of rotatable bonds is 10. The predicted octanol–water partition coefficient (Wildman–Crippen LogP) is -2.00. The van der Waals surface area contributed by atoms with E-state index in [1.165, 1.54) is 32.4 Å². The molecule has 1 aromatic carbocycles. The number of carbonyl (C=O) groups excluding carboxylic acids is 2. The van der Waals surface area contributed by atoms with Gasteiger partial charge in [0.2, 0.25) is 17.3 Å². The molecule has 0 saturated carbocycles. The molecule has 10 heteroatoms. The standard InChI is InChI=1S/C17H22O10/c1-26-11-5-8(6-12(27-2)15(11)23)3-4-9(19)13(21)16(24)17(25)14(22)10(20)7-18/h3-6,10,14,16-18,20,22-25H,7H2,1-2H3/t10-,14-,16+,17+/m1/s1. The molecule has 0 bridgehead atoms. The van der Waals surface area contributed by atoms with E-state index in [0.29, 0.717) is 5.56 Å². The molecule has 10 nitrogen and oxygen atoms in total. The zero-order chi connectivity index (χ0) is 20.7. The monoisotopic (exact) mass is 386 g/mol. The summed E-state index contributed by atoms with van der Waals surface area (Å²) < 4.78 is 9.90. The van der Waals surface area contributed by atoms with Crippen molar-refractivity contribution < 1.29 is 49.7 Å². The highest BCUT2D eigenvalue weighted by Crippen LogP contribution is 2.37. The summed E-state index contributed by atoms with van der Waals surface area (Å²) in [5.74, 6) is -2.76. The van der Waals surface area contributed by atoms with Crippen molar-refractivity contribution in [3.63, 3.8) is 0 Å². The summed E-state index contributed by atoms with van der Waals surface area (Å²) in [5, 5.41) is 56.5. The van der Waals surface area contributed by atoms with Crippen LogP contribution in [0.1, 0.15) is 5.56 Å². The van der Waals surface area contributed by atoms with Gasteiger partial charge in [-0.3, -0.25) is 9.59 Å². The summed E-state index contributed by atoms with van der Waals surface area (Å²) >= 11 is 0. The fraction of sp³-hybridized carbons (Fsp3) is 0.412. The lowest BCUT2D eigenvalue weighted by atomic mass is 9.98. The number of aliphatic hydroxyl groups is 5. The molecular formula is C17H22O10. The van der Waals surface area contributed by atoms with E-state index in [1.807, 2.05) is 0 Å². The van der Waals surface area contributed by atoms with Gasteiger partial charge in [0.05, 0.1) is 20.8 Å². The summed E-state index contributed by atoms with van der Waals surface area (Å²) in [5.41, 5.74) is 0.327. The summed E-state index contributed by atoms with van der Waals surface area (Å²) in [6, 6.07) is 2.72. The highest BCUT2D eigenvalue weighted by atomic mass is 16.5. The molecule has 0 aliphatic rings. The first-order valence-corrected chi connectivity index (χ1v) is 7.72. The van der Waals surface area contributed by atoms with E-state index in [9.17, 15) is 35.1 Å². The van der Waals surface area contributed by atoms with Crippen LogP contribution in [0.5, 0.6) is 17.2 Å². The number of benzene rings is 1. The van der Waals surface area contributed by atoms with Crippen LogP contribution in [0.3, 0.4) is 0 Å². The lowest BCUT2D eigenvalue weighted by molar-refractivity contribution is -0.152. The first-order chi connectivity index (χ1) is 12.7. The molecule has 150 valence electrons. The largest absolute Gasteiger partial charge is 0.502 e. The van der Waals surface area contributed by atoms with E-state index in [1.54, 1.807) is 0 Å². The lowest BCUT2D eigenvalue weighted by Crippen LogP contribution is -2.49. The van der Waals surface area contributed by atoms with Crippen molar-refractivity contribution >= 4 is 17.6 Å². The molecule has 1 rings (SSSR count). The van der Waals surface area contributed by atoms with Crippen LogP contribution in [-0.2, 0) is 9.59 Å². The molecule has 0 saturated heterocycles. The third-order valence-corrected chi connectivity index (χ3v) is 3.70. The summed E-state index contributed by atoms with van der Waals surface area (Å²) in [6.45, 7) is -0.919. The van der Waals surface area contributed by atoms with Crippen molar-refractivity contribution in [3.05, 3.63) is 23.8 Å². The van der Waals surface area contributed by atoms with E-state index in [2.05, 4.69) is 0 Å². The molecule has 0 fully saturated rings. The van der Waals surface area contributed by atoms with E-state index in [0.717, 1.165) is 6.08 Å². The second kappa shape index (κ2) is 10.00. The summed E-state index contributed by atoms with van der Waals surface area (Å²) in [7, 11) is 2.61. The lowest BCUT2D eigenvalue weighted by Gasteiger charge is -2.24. The molecule has 0 spiro atoms. The van der Waals surface area contributed by atoms with Crippen molar-refractivity contribution in [2.45, 2.75) is 24.4 Å². The van der Waals surface area contributed by atoms with Crippen LogP contribution in [0.25, 0.3) is 6.08 Å². The Morgan fingerprint density at radius 1 is 1.04 bits per heavy atom. The Labute approximate surface area is 154 Å². The SMILES string of the molecule is COc1cc(C=CC(=O)C(=O)[C@H](O)[C@@H](O)[C@H](O)[C@H](O)CO)cc(OC)c1O. The third kappa shape index (κ3) is 5.49. The molecule has 0 aliphatic carbocycles. The Kier molecular flexibility index (Phi) is 8.34. The van der Waals surface area contributed by atoms with Crippen LogP contribution < -0.4 is 9.47 Å². The molecular weight excluding hydrogens is 364 g/mol. The Bertz CT molecular complexity index is 674. The number of hydrogen-bond donors (Lipinski definition) is 6. The number of allylic oxidation sites excluding steroid dienone is 1. The van der Waals surface area contributed by atoms with E-state index in [-0.39, 0.29) is 17.2 Å². The third-order valence-electron chi connectivity index (χ3n) is 3.70. The van der Waals surface area contributed by atoms with Gasteiger partial charge >= 0.3 is 0 Å². The highest BCUT2D eigenvalue weighted by Gasteiger charge is 2.36. The molecule has 0 radical (unpaired) electrons. The number of hydrogen-bond acceptors (Lipinski definition) is 10. The molecule has 0 unspecified atom stereocenters. The second-order valence-corrected chi connectivity index (χ2v) is 5.51.